The van der Waals surface area contributed by atoms with E-state index >= 15 is 0 Å². The van der Waals surface area contributed by atoms with Crippen LogP contribution in [0.3, 0.4) is 0 Å². The number of alkyl halides is 3. The fourth-order valence-corrected chi connectivity index (χ4v) is 2.76. The van der Waals surface area contributed by atoms with E-state index in [0.29, 0.717) is 15.7 Å². The van der Waals surface area contributed by atoms with Gasteiger partial charge in [0.15, 0.2) is 0 Å². The highest BCUT2D eigenvalue weighted by Gasteiger charge is 2.32. The fourth-order valence-electron chi connectivity index (χ4n) is 1.50. The highest BCUT2D eigenvalue weighted by Crippen LogP contribution is 2.34. The van der Waals surface area contributed by atoms with Crippen molar-refractivity contribution in [2.24, 2.45) is 0 Å². The minimum absolute atomic E-state index is 0.218. The SMILES string of the molecule is Nc1cnc(C(F)(F)F)cc1SCc1ccccc1Cl. The molecule has 0 atom stereocenters. The third-order valence-corrected chi connectivity index (χ3v) is 4.02. The lowest BCUT2D eigenvalue weighted by molar-refractivity contribution is -0.141. The Hall–Kier alpha value is -1.40. The van der Waals surface area contributed by atoms with E-state index in [-0.39, 0.29) is 5.69 Å². The average Bonchev–Trinajstić information content (AvgIpc) is 2.38. The molecule has 2 aromatic rings. The summed E-state index contributed by atoms with van der Waals surface area (Å²) in [5.41, 5.74) is 5.76. The Labute approximate surface area is 123 Å². The molecule has 0 saturated carbocycles. The van der Waals surface area contributed by atoms with E-state index in [1.165, 1.54) is 11.8 Å². The number of nitrogens with zero attached hydrogens (tertiary/aromatic N) is 1. The molecule has 0 unspecified atom stereocenters. The van der Waals surface area contributed by atoms with Gasteiger partial charge in [0.25, 0.3) is 0 Å². The lowest BCUT2D eigenvalue weighted by Crippen LogP contribution is -2.08. The Morgan fingerprint density at radius 1 is 1.25 bits per heavy atom. The van der Waals surface area contributed by atoms with Crippen LogP contribution < -0.4 is 5.73 Å². The maximum absolute atomic E-state index is 12.6. The predicted molar refractivity (Wildman–Crippen MR) is 74.7 cm³/mol. The number of nitrogen functional groups attached to an aromatic ring is 1. The second kappa shape index (κ2) is 5.93. The van der Waals surface area contributed by atoms with E-state index in [4.69, 9.17) is 17.3 Å². The second-order valence-electron chi connectivity index (χ2n) is 3.99. The van der Waals surface area contributed by atoms with Crippen molar-refractivity contribution in [3.05, 3.63) is 52.8 Å². The predicted octanol–water partition coefficient (Wildman–Crippen LogP) is 4.63. The molecule has 2 nitrogen and oxygen atoms in total. The zero-order valence-corrected chi connectivity index (χ0v) is 11.7. The maximum atomic E-state index is 12.6. The Morgan fingerprint density at radius 3 is 2.60 bits per heavy atom. The smallest absolute Gasteiger partial charge is 0.397 e. The first-order valence-electron chi connectivity index (χ1n) is 5.57. The highest BCUT2D eigenvalue weighted by molar-refractivity contribution is 7.98. The van der Waals surface area contributed by atoms with Crippen molar-refractivity contribution in [2.45, 2.75) is 16.8 Å². The van der Waals surface area contributed by atoms with Crippen molar-refractivity contribution in [1.82, 2.24) is 4.98 Å². The summed E-state index contributed by atoms with van der Waals surface area (Å²) in [6, 6.07) is 8.11. The van der Waals surface area contributed by atoms with Crippen LogP contribution in [-0.4, -0.2) is 4.98 Å². The van der Waals surface area contributed by atoms with Crippen LogP contribution in [0.5, 0.6) is 0 Å². The zero-order chi connectivity index (χ0) is 14.8. The van der Waals surface area contributed by atoms with Crippen LogP contribution in [0.2, 0.25) is 5.02 Å². The van der Waals surface area contributed by atoms with Gasteiger partial charge in [-0.05, 0) is 17.7 Å². The topological polar surface area (TPSA) is 38.9 Å². The molecule has 0 radical (unpaired) electrons. The number of hydrogen-bond acceptors (Lipinski definition) is 3. The Morgan fingerprint density at radius 2 is 1.95 bits per heavy atom. The largest absolute Gasteiger partial charge is 0.433 e. The van der Waals surface area contributed by atoms with Crippen LogP contribution in [-0.2, 0) is 11.9 Å². The number of benzene rings is 1. The third-order valence-electron chi connectivity index (χ3n) is 2.53. The van der Waals surface area contributed by atoms with Gasteiger partial charge in [-0.15, -0.1) is 11.8 Å². The normalized spacial score (nSPS) is 11.6. The number of aromatic nitrogens is 1. The first kappa shape index (κ1) is 15.0. The average molecular weight is 319 g/mol. The van der Waals surface area contributed by atoms with Crippen molar-refractivity contribution in [3.8, 4) is 0 Å². The fraction of sp³-hybridized carbons (Fsp3) is 0.154. The van der Waals surface area contributed by atoms with Crippen molar-refractivity contribution in [1.29, 1.82) is 0 Å². The number of rotatable bonds is 3. The molecule has 0 aliphatic rings. The van der Waals surface area contributed by atoms with Crippen LogP contribution in [0.15, 0.2) is 41.4 Å². The molecule has 0 amide bonds. The molecule has 0 aliphatic heterocycles. The number of halogens is 4. The molecule has 0 spiro atoms. The van der Waals surface area contributed by atoms with Crippen LogP contribution in [0.1, 0.15) is 11.3 Å². The van der Waals surface area contributed by atoms with Crippen molar-refractivity contribution in [2.75, 3.05) is 5.73 Å². The van der Waals surface area contributed by atoms with Gasteiger partial charge in [-0.1, -0.05) is 29.8 Å². The van der Waals surface area contributed by atoms with Crippen LogP contribution in [0.4, 0.5) is 18.9 Å². The zero-order valence-electron chi connectivity index (χ0n) is 10.1. The number of thioether (sulfide) groups is 1. The summed E-state index contributed by atoms with van der Waals surface area (Å²) < 4.78 is 37.8. The van der Waals surface area contributed by atoms with Gasteiger partial charge in [0.05, 0.1) is 11.9 Å². The van der Waals surface area contributed by atoms with Gasteiger partial charge in [-0.2, -0.15) is 13.2 Å². The highest BCUT2D eigenvalue weighted by atomic mass is 35.5. The van der Waals surface area contributed by atoms with E-state index in [2.05, 4.69) is 4.98 Å². The van der Waals surface area contributed by atoms with E-state index in [0.717, 1.165) is 17.8 Å². The molecule has 20 heavy (non-hydrogen) atoms. The summed E-state index contributed by atoms with van der Waals surface area (Å²) in [4.78, 5) is 3.63. The molecule has 1 heterocycles. The van der Waals surface area contributed by atoms with Crippen molar-refractivity contribution < 1.29 is 13.2 Å². The lowest BCUT2D eigenvalue weighted by atomic mass is 10.2. The summed E-state index contributed by atoms with van der Waals surface area (Å²) in [7, 11) is 0. The summed E-state index contributed by atoms with van der Waals surface area (Å²) in [5.74, 6) is 0.436. The minimum Gasteiger partial charge on any atom is -0.397 e. The summed E-state index contributed by atoms with van der Waals surface area (Å²) in [6.45, 7) is 0. The van der Waals surface area contributed by atoms with Gasteiger partial charge >= 0.3 is 6.18 Å². The van der Waals surface area contributed by atoms with E-state index in [9.17, 15) is 13.2 Å². The Kier molecular flexibility index (Phi) is 4.45. The van der Waals surface area contributed by atoms with E-state index in [1.807, 2.05) is 12.1 Å². The van der Waals surface area contributed by atoms with Gasteiger partial charge in [0, 0.05) is 15.7 Å². The monoisotopic (exact) mass is 318 g/mol. The van der Waals surface area contributed by atoms with Crippen LogP contribution in [0.25, 0.3) is 0 Å². The van der Waals surface area contributed by atoms with Crippen LogP contribution in [0, 0.1) is 0 Å². The van der Waals surface area contributed by atoms with Crippen molar-refractivity contribution >= 4 is 29.1 Å². The number of hydrogen-bond donors (Lipinski definition) is 1. The molecule has 0 saturated heterocycles. The molecule has 7 heteroatoms. The summed E-state index contributed by atoms with van der Waals surface area (Å²) >= 11 is 7.19. The molecule has 0 fully saturated rings. The number of nitrogens with two attached hydrogens (primary N) is 1. The Balaban J connectivity index is 2.19. The van der Waals surface area contributed by atoms with Gasteiger partial charge in [0.1, 0.15) is 5.69 Å². The molecule has 0 bridgehead atoms. The minimum atomic E-state index is -4.48. The molecular formula is C13H10ClF3N2S. The van der Waals surface area contributed by atoms with Gasteiger partial charge in [-0.3, -0.25) is 0 Å². The molecular weight excluding hydrogens is 309 g/mol. The summed E-state index contributed by atoms with van der Waals surface area (Å²) in [6.07, 6.45) is -3.45. The molecule has 1 aromatic carbocycles. The quantitative estimate of drug-likeness (QED) is 0.839. The third kappa shape index (κ3) is 3.58. The lowest BCUT2D eigenvalue weighted by Gasteiger charge is -2.10. The molecule has 2 rings (SSSR count). The molecule has 1 aromatic heterocycles. The first-order chi connectivity index (χ1) is 9.38. The van der Waals surface area contributed by atoms with Gasteiger partial charge in [0.2, 0.25) is 0 Å². The van der Waals surface area contributed by atoms with E-state index < -0.39 is 11.9 Å². The second-order valence-corrected chi connectivity index (χ2v) is 5.41. The Bertz CT molecular complexity index is 617. The van der Waals surface area contributed by atoms with Gasteiger partial charge in [-0.25, -0.2) is 4.98 Å². The maximum Gasteiger partial charge on any atom is 0.433 e. The summed E-state index contributed by atoms with van der Waals surface area (Å²) in [5, 5.41) is 0.573. The van der Waals surface area contributed by atoms with E-state index in [1.54, 1.807) is 12.1 Å². The van der Waals surface area contributed by atoms with Crippen LogP contribution >= 0.6 is 23.4 Å². The molecule has 0 aliphatic carbocycles. The molecule has 2 N–H and O–H groups in total. The number of pyridine rings is 1. The number of anilines is 1. The molecule has 106 valence electrons. The first-order valence-corrected chi connectivity index (χ1v) is 6.93. The van der Waals surface area contributed by atoms with Crippen molar-refractivity contribution in [3.63, 3.8) is 0 Å². The standard InChI is InChI=1S/C13H10ClF3N2S/c14-9-4-2-1-3-8(9)7-20-11-5-12(13(15,16)17)19-6-10(11)18/h1-6H,7,18H2. The van der Waals surface area contributed by atoms with Gasteiger partial charge < -0.3 is 5.73 Å².